The SMILES string of the molecule is CCCCCCCCC(CCCCCCCC)NC(=O)c1cccc(C(N)=O)c1O. The third-order valence-corrected chi connectivity index (χ3v) is 5.69. The predicted octanol–water partition coefficient (Wildman–Crippen LogP) is 6.09. The first-order valence-corrected chi connectivity index (χ1v) is 11.9. The van der Waals surface area contributed by atoms with Crippen molar-refractivity contribution in [2.45, 2.75) is 110 Å². The molecule has 0 spiro atoms. The molecule has 0 aliphatic heterocycles. The standard InChI is InChI=1S/C25H42N2O3/c1-3-5-7-9-11-13-16-20(17-14-12-10-8-6-4-2)27-25(30)22-19-15-18-21(23(22)28)24(26)29/h15,18-20,28H,3-14,16-17H2,1-2H3,(H2,26,29)(H,27,30). The van der Waals surface area contributed by atoms with E-state index in [0.29, 0.717) is 0 Å². The van der Waals surface area contributed by atoms with E-state index in [2.05, 4.69) is 19.2 Å². The lowest BCUT2D eigenvalue weighted by Gasteiger charge is -2.19. The maximum absolute atomic E-state index is 12.8. The maximum atomic E-state index is 12.8. The summed E-state index contributed by atoms with van der Waals surface area (Å²) in [5.74, 6) is -1.41. The summed E-state index contributed by atoms with van der Waals surface area (Å²) in [4.78, 5) is 24.2. The smallest absolute Gasteiger partial charge is 0.255 e. The minimum atomic E-state index is -0.738. The van der Waals surface area contributed by atoms with Crippen LogP contribution in [0.25, 0.3) is 0 Å². The van der Waals surface area contributed by atoms with Gasteiger partial charge in [0.25, 0.3) is 11.8 Å². The molecule has 5 nitrogen and oxygen atoms in total. The van der Waals surface area contributed by atoms with E-state index in [1.54, 1.807) is 6.07 Å². The van der Waals surface area contributed by atoms with Gasteiger partial charge in [-0.1, -0.05) is 97.0 Å². The minimum absolute atomic E-state index is 0.0222. The van der Waals surface area contributed by atoms with E-state index in [0.717, 1.165) is 25.7 Å². The number of benzene rings is 1. The van der Waals surface area contributed by atoms with Crippen LogP contribution < -0.4 is 11.1 Å². The van der Waals surface area contributed by atoms with Gasteiger partial charge < -0.3 is 16.2 Å². The molecule has 5 heteroatoms. The number of nitrogens with two attached hydrogens (primary N) is 1. The molecule has 1 rings (SSSR count). The second kappa shape index (κ2) is 15.8. The Morgan fingerprint density at radius 2 is 1.30 bits per heavy atom. The number of hydrogen-bond acceptors (Lipinski definition) is 3. The highest BCUT2D eigenvalue weighted by molar-refractivity contribution is 6.03. The van der Waals surface area contributed by atoms with E-state index in [-0.39, 0.29) is 28.8 Å². The lowest BCUT2D eigenvalue weighted by Crippen LogP contribution is -2.35. The second-order valence-corrected chi connectivity index (χ2v) is 8.35. The van der Waals surface area contributed by atoms with Crippen molar-refractivity contribution in [1.29, 1.82) is 0 Å². The highest BCUT2D eigenvalue weighted by Gasteiger charge is 2.19. The number of carbonyl (C=O) groups excluding carboxylic acids is 2. The number of primary amides is 1. The van der Waals surface area contributed by atoms with Gasteiger partial charge >= 0.3 is 0 Å². The Balaban J connectivity index is 2.62. The van der Waals surface area contributed by atoms with Crippen LogP contribution in [0.3, 0.4) is 0 Å². The molecule has 0 radical (unpaired) electrons. The number of phenols is 1. The average Bonchev–Trinajstić information content (AvgIpc) is 2.72. The molecule has 1 aromatic carbocycles. The fourth-order valence-electron chi connectivity index (χ4n) is 3.82. The largest absolute Gasteiger partial charge is 0.506 e. The van der Waals surface area contributed by atoms with E-state index in [9.17, 15) is 14.7 Å². The van der Waals surface area contributed by atoms with Crippen LogP contribution in [0.5, 0.6) is 5.75 Å². The zero-order valence-corrected chi connectivity index (χ0v) is 19.0. The fraction of sp³-hybridized carbons (Fsp3) is 0.680. The number of para-hydroxylation sites is 1. The molecule has 0 saturated carbocycles. The van der Waals surface area contributed by atoms with Crippen LogP contribution in [0, 0.1) is 0 Å². The average molecular weight is 419 g/mol. The molecule has 4 N–H and O–H groups in total. The van der Waals surface area contributed by atoms with Gasteiger partial charge in [-0.25, -0.2) is 0 Å². The van der Waals surface area contributed by atoms with E-state index < -0.39 is 5.91 Å². The zero-order valence-electron chi connectivity index (χ0n) is 19.0. The van der Waals surface area contributed by atoms with Gasteiger partial charge in [0.1, 0.15) is 5.75 Å². The van der Waals surface area contributed by atoms with Crippen LogP contribution in [0.4, 0.5) is 0 Å². The summed E-state index contributed by atoms with van der Waals surface area (Å²) in [6.07, 6.45) is 16.5. The number of unbranched alkanes of at least 4 members (excludes halogenated alkanes) is 10. The molecule has 0 atom stereocenters. The quantitative estimate of drug-likeness (QED) is 0.267. The Hall–Kier alpha value is -2.04. The van der Waals surface area contributed by atoms with Crippen molar-refractivity contribution >= 4 is 11.8 Å². The first kappa shape index (κ1) is 26.0. The normalized spacial score (nSPS) is 11.0. The van der Waals surface area contributed by atoms with Gasteiger partial charge in [0.05, 0.1) is 11.1 Å². The van der Waals surface area contributed by atoms with Crippen LogP contribution in [0.1, 0.15) is 124 Å². The van der Waals surface area contributed by atoms with Gasteiger partial charge in [-0.05, 0) is 25.0 Å². The van der Waals surface area contributed by atoms with Crippen LogP contribution in [0.15, 0.2) is 18.2 Å². The second-order valence-electron chi connectivity index (χ2n) is 8.35. The van der Waals surface area contributed by atoms with Gasteiger partial charge in [0.2, 0.25) is 0 Å². The van der Waals surface area contributed by atoms with Crippen LogP contribution in [0.2, 0.25) is 0 Å². The van der Waals surface area contributed by atoms with Crippen molar-refractivity contribution in [2.75, 3.05) is 0 Å². The Morgan fingerprint density at radius 1 is 0.833 bits per heavy atom. The van der Waals surface area contributed by atoms with Crippen LogP contribution in [-0.2, 0) is 0 Å². The van der Waals surface area contributed by atoms with Crippen molar-refractivity contribution in [1.82, 2.24) is 5.32 Å². The molecule has 1 aromatic rings. The van der Waals surface area contributed by atoms with Crippen molar-refractivity contribution < 1.29 is 14.7 Å². The number of amides is 2. The Kier molecular flexibility index (Phi) is 13.7. The third kappa shape index (κ3) is 10.1. The number of nitrogens with one attached hydrogen (secondary N) is 1. The third-order valence-electron chi connectivity index (χ3n) is 5.69. The molecular weight excluding hydrogens is 376 g/mol. The van der Waals surface area contributed by atoms with Crippen molar-refractivity contribution in [3.8, 4) is 5.75 Å². The lowest BCUT2D eigenvalue weighted by molar-refractivity contribution is 0.0928. The summed E-state index contributed by atoms with van der Waals surface area (Å²) in [6.45, 7) is 4.43. The summed E-state index contributed by atoms with van der Waals surface area (Å²) in [6, 6.07) is 4.62. The molecule has 30 heavy (non-hydrogen) atoms. The van der Waals surface area contributed by atoms with Crippen molar-refractivity contribution in [3.05, 3.63) is 29.3 Å². The highest BCUT2D eigenvalue weighted by atomic mass is 16.3. The predicted molar refractivity (Wildman–Crippen MR) is 124 cm³/mol. The molecule has 0 saturated heterocycles. The number of hydrogen-bond donors (Lipinski definition) is 3. The molecule has 0 unspecified atom stereocenters. The highest BCUT2D eigenvalue weighted by Crippen LogP contribution is 2.23. The Labute approximate surface area is 182 Å². The minimum Gasteiger partial charge on any atom is -0.506 e. The number of aromatic hydroxyl groups is 1. The monoisotopic (exact) mass is 418 g/mol. The van der Waals surface area contributed by atoms with Crippen LogP contribution >= 0.6 is 0 Å². The van der Waals surface area contributed by atoms with Crippen molar-refractivity contribution in [3.63, 3.8) is 0 Å². The number of rotatable bonds is 17. The van der Waals surface area contributed by atoms with E-state index in [1.807, 2.05) is 0 Å². The molecule has 170 valence electrons. The van der Waals surface area contributed by atoms with Gasteiger partial charge in [-0.15, -0.1) is 0 Å². The zero-order chi connectivity index (χ0) is 22.2. The van der Waals surface area contributed by atoms with E-state index in [1.165, 1.54) is 76.3 Å². The van der Waals surface area contributed by atoms with Gasteiger partial charge in [-0.3, -0.25) is 9.59 Å². The fourth-order valence-corrected chi connectivity index (χ4v) is 3.82. The van der Waals surface area contributed by atoms with Crippen molar-refractivity contribution in [2.24, 2.45) is 5.73 Å². The Bertz CT molecular complexity index is 615. The molecule has 0 fully saturated rings. The molecule has 0 aliphatic carbocycles. The molecule has 0 heterocycles. The molecule has 0 aromatic heterocycles. The van der Waals surface area contributed by atoms with Gasteiger partial charge in [-0.2, -0.15) is 0 Å². The van der Waals surface area contributed by atoms with E-state index in [4.69, 9.17) is 5.73 Å². The summed E-state index contributed by atoms with van der Waals surface area (Å²) >= 11 is 0. The summed E-state index contributed by atoms with van der Waals surface area (Å²) in [5.41, 5.74) is 5.38. The first-order chi connectivity index (χ1) is 14.5. The molecule has 0 aliphatic rings. The maximum Gasteiger partial charge on any atom is 0.255 e. The lowest BCUT2D eigenvalue weighted by atomic mass is 9.99. The molecule has 2 amide bonds. The number of carbonyl (C=O) groups is 2. The topological polar surface area (TPSA) is 92.4 Å². The molecule has 0 bridgehead atoms. The summed E-state index contributed by atoms with van der Waals surface area (Å²) in [7, 11) is 0. The first-order valence-electron chi connectivity index (χ1n) is 11.9. The van der Waals surface area contributed by atoms with Gasteiger partial charge in [0.15, 0.2) is 0 Å². The van der Waals surface area contributed by atoms with Gasteiger partial charge in [0, 0.05) is 6.04 Å². The molecular formula is C25H42N2O3. The van der Waals surface area contributed by atoms with E-state index >= 15 is 0 Å². The summed E-state index contributed by atoms with van der Waals surface area (Å²) < 4.78 is 0. The Morgan fingerprint density at radius 3 is 1.80 bits per heavy atom. The van der Waals surface area contributed by atoms with Crippen LogP contribution in [-0.4, -0.2) is 23.0 Å². The summed E-state index contributed by atoms with van der Waals surface area (Å²) in [5, 5.41) is 13.4.